The van der Waals surface area contributed by atoms with E-state index in [1.807, 2.05) is 38.1 Å². The third-order valence-corrected chi connectivity index (χ3v) is 8.58. The van der Waals surface area contributed by atoms with Crippen molar-refractivity contribution in [2.75, 3.05) is 6.61 Å². The van der Waals surface area contributed by atoms with Crippen LogP contribution in [0, 0.1) is 0 Å². The lowest BCUT2D eigenvalue weighted by molar-refractivity contribution is -0.161. The number of para-hydroxylation sites is 1. The van der Waals surface area contributed by atoms with Crippen LogP contribution in [0.25, 0.3) is 0 Å². The van der Waals surface area contributed by atoms with Crippen LogP contribution in [-0.2, 0) is 19.8 Å². The Kier molecular flexibility index (Phi) is 6.18. The summed E-state index contributed by atoms with van der Waals surface area (Å²) in [6.07, 6.45) is 5.26. The van der Waals surface area contributed by atoms with E-state index in [2.05, 4.69) is 12.2 Å². The van der Waals surface area contributed by atoms with E-state index in [0.717, 1.165) is 37.0 Å². The number of thioether (sulfide) groups is 1. The molecule has 7 nitrogen and oxygen atoms in total. The lowest BCUT2D eigenvalue weighted by Gasteiger charge is -2.45. The molecule has 1 aromatic carbocycles. The molecule has 2 saturated heterocycles. The van der Waals surface area contributed by atoms with Crippen LogP contribution in [0.15, 0.2) is 24.3 Å². The van der Waals surface area contributed by atoms with Gasteiger partial charge in [0, 0.05) is 10.3 Å². The highest BCUT2D eigenvalue weighted by Crippen LogP contribution is 2.51. The summed E-state index contributed by atoms with van der Waals surface area (Å²) < 4.78 is 5.43. The third-order valence-electron chi connectivity index (χ3n) is 7.01. The fourth-order valence-corrected chi connectivity index (χ4v) is 6.96. The van der Waals surface area contributed by atoms with Crippen molar-refractivity contribution in [3.05, 3.63) is 29.8 Å². The standard InChI is InChI=1S/C24H32N2O5S/c1-4-5-14-31-16-11-7-6-10-15(16)24(12-8-9-13-24)22(30)25-17-19(27)26-18(21(28)29)23(2,3)32-20(17)26/h6-7,10-11,17-18,20H,4-5,8-9,12-14H2,1-3H3,(H,25,30)(H,28,29)/t17-,18+,20+/m0/s1. The van der Waals surface area contributed by atoms with Crippen molar-refractivity contribution in [1.82, 2.24) is 10.2 Å². The third kappa shape index (κ3) is 3.66. The minimum Gasteiger partial charge on any atom is -0.493 e. The van der Waals surface area contributed by atoms with E-state index in [4.69, 9.17) is 4.74 Å². The first-order valence-electron chi connectivity index (χ1n) is 11.5. The molecular formula is C24H32N2O5S. The van der Waals surface area contributed by atoms with Gasteiger partial charge in [-0.05, 0) is 39.2 Å². The van der Waals surface area contributed by atoms with Gasteiger partial charge in [-0.15, -0.1) is 11.8 Å². The number of ether oxygens (including phenoxy) is 1. The van der Waals surface area contributed by atoms with Gasteiger partial charge in [-0.1, -0.05) is 44.4 Å². The van der Waals surface area contributed by atoms with Crippen molar-refractivity contribution in [3.8, 4) is 5.75 Å². The van der Waals surface area contributed by atoms with Gasteiger partial charge in [0.15, 0.2) is 0 Å². The first kappa shape index (κ1) is 23.0. The molecule has 0 unspecified atom stereocenters. The van der Waals surface area contributed by atoms with Gasteiger partial charge in [0.25, 0.3) is 0 Å². The first-order chi connectivity index (χ1) is 15.2. The van der Waals surface area contributed by atoms with Crippen molar-refractivity contribution < 1.29 is 24.2 Å². The maximum atomic E-state index is 13.7. The molecule has 1 aromatic rings. The maximum absolute atomic E-state index is 13.7. The summed E-state index contributed by atoms with van der Waals surface area (Å²) in [4.78, 5) is 39.8. The highest BCUT2D eigenvalue weighted by atomic mass is 32.2. The summed E-state index contributed by atoms with van der Waals surface area (Å²) in [5.41, 5.74) is 0.159. The number of carboxylic acid groups (broad SMARTS) is 1. The zero-order valence-corrected chi connectivity index (χ0v) is 19.7. The van der Waals surface area contributed by atoms with Gasteiger partial charge in [-0.2, -0.15) is 0 Å². The van der Waals surface area contributed by atoms with Crippen molar-refractivity contribution >= 4 is 29.5 Å². The molecule has 1 aliphatic carbocycles. The number of nitrogens with one attached hydrogen (secondary N) is 1. The monoisotopic (exact) mass is 460 g/mol. The molecule has 2 aliphatic heterocycles. The summed E-state index contributed by atoms with van der Waals surface area (Å²) in [5.74, 6) is -0.735. The van der Waals surface area contributed by atoms with E-state index in [1.165, 1.54) is 16.7 Å². The second-order valence-electron chi connectivity index (χ2n) is 9.54. The molecule has 32 heavy (non-hydrogen) atoms. The smallest absolute Gasteiger partial charge is 0.327 e. The van der Waals surface area contributed by atoms with Crippen LogP contribution in [-0.4, -0.2) is 56.6 Å². The Balaban J connectivity index is 1.56. The molecule has 2 heterocycles. The zero-order valence-electron chi connectivity index (χ0n) is 18.9. The van der Waals surface area contributed by atoms with Crippen LogP contribution in [0.5, 0.6) is 5.75 Å². The van der Waals surface area contributed by atoms with Crippen LogP contribution in [0.4, 0.5) is 0 Å². The summed E-state index contributed by atoms with van der Waals surface area (Å²) in [5, 5.41) is 12.3. The number of carbonyl (C=O) groups is 3. The Bertz CT molecular complexity index is 911. The highest BCUT2D eigenvalue weighted by Gasteiger charge is 2.64. The molecule has 8 heteroatoms. The molecule has 3 aliphatic rings. The van der Waals surface area contributed by atoms with Gasteiger partial charge in [-0.25, -0.2) is 4.79 Å². The maximum Gasteiger partial charge on any atom is 0.327 e. The van der Waals surface area contributed by atoms with Crippen LogP contribution in [0.3, 0.4) is 0 Å². The number of amides is 2. The molecule has 3 atom stereocenters. The molecule has 0 bridgehead atoms. The van der Waals surface area contributed by atoms with E-state index in [0.29, 0.717) is 19.4 Å². The number of β-lactam (4-membered cyclic amide) rings is 1. The number of benzene rings is 1. The predicted molar refractivity (Wildman–Crippen MR) is 123 cm³/mol. The molecule has 174 valence electrons. The van der Waals surface area contributed by atoms with Crippen LogP contribution in [0.2, 0.25) is 0 Å². The van der Waals surface area contributed by atoms with E-state index in [-0.39, 0.29) is 17.2 Å². The Morgan fingerprint density at radius 1 is 1.25 bits per heavy atom. The van der Waals surface area contributed by atoms with Crippen LogP contribution < -0.4 is 10.1 Å². The predicted octanol–water partition coefficient (Wildman–Crippen LogP) is 3.31. The molecule has 3 fully saturated rings. The van der Waals surface area contributed by atoms with E-state index in [9.17, 15) is 19.5 Å². The van der Waals surface area contributed by atoms with Crippen LogP contribution >= 0.6 is 11.8 Å². The fraction of sp³-hybridized carbons (Fsp3) is 0.625. The normalized spacial score (nSPS) is 27.5. The van der Waals surface area contributed by atoms with Crippen molar-refractivity contribution in [2.24, 2.45) is 0 Å². The van der Waals surface area contributed by atoms with Gasteiger partial charge in [0.05, 0.1) is 12.0 Å². The minimum atomic E-state index is -1.01. The Morgan fingerprint density at radius 2 is 1.94 bits per heavy atom. The van der Waals surface area contributed by atoms with E-state index in [1.54, 1.807) is 0 Å². The minimum absolute atomic E-state index is 0.156. The quantitative estimate of drug-likeness (QED) is 0.456. The summed E-state index contributed by atoms with van der Waals surface area (Å²) >= 11 is 1.45. The fourth-order valence-electron chi connectivity index (χ4n) is 5.34. The Hall–Kier alpha value is -2.22. The molecule has 4 rings (SSSR count). The molecule has 2 N–H and O–H groups in total. The van der Waals surface area contributed by atoms with Gasteiger partial charge in [0.2, 0.25) is 11.8 Å². The number of unbranched alkanes of at least 4 members (excludes halogenated alkanes) is 1. The summed E-state index contributed by atoms with van der Waals surface area (Å²) in [6, 6.07) is 6.16. The summed E-state index contributed by atoms with van der Waals surface area (Å²) in [7, 11) is 0. The van der Waals surface area contributed by atoms with E-state index < -0.39 is 28.2 Å². The number of carbonyl (C=O) groups excluding carboxylic acids is 2. The van der Waals surface area contributed by atoms with E-state index >= 15 is 0 Å². The Morgan fingerprint density at radius 3 is 2.59 bits per heavy atom. The number of aliphatic carboxylic acids is 1. The first-order valence-corrected chi connectivity index (χ1v) is 12.4. The Labute approximate surface area is 193 Å². The average Bonchev–Trinajstić information content (AvgIpc) is 3.34. The highest BCUT2D eigenvalue weighted by molar-refractivity contribution is 8.01. The second-order valence-corrected chi connectivity index (χ2v) is 11.3. The van der Waals surface area contributed by atoms with Gasteiger partial charge < -0.3 is 20.1 Å². The van der Waals surface area contributed by atoms with Crippen molar-refractivity contribution in [2.45, 2.75) is 86.9 Å². The number of hydrogen-bond donors (Lipinski definition) is 2. The number of nitrogens with zero attached hydrogens (tertiary/aromatic N) is 1. The van der Waals surface area contributed by atoms with Gasteiger partial charge in [0.1, 0.15) is 23.2 Å². The van der Waals surface area contributed by atoms with Crippen molar-refractivity contribution in [3.63, 3.8) is 0 Å². The molecule has 0 radical (unpaired) electrons. The lowest BCUT2D eigenvalue weighted by atomic mass is 9.77. The van der Waals surface area contributed by atoms with Gasteiger partial charge >= 0.3 is 5.97 Å². The number of fused-ring (bicyclic) bond motifs is 1. The molecule has 1 saturated carbocycles. The average molecular weight is 461 g/mol. The lowest BCUT2D eigenvalue weighted by Crippen LogP contribution is -2.71. The molecular weight excluding hydrogens is 428 g/mol. The second kappa shape index (κ2) is 8.61. The zero-order chi connectivity index (χ0) is 23.1. The number of rotatable bonds is 8. The summed E-state index contributed by atoms with van der Waals surface area (Å²) in [6.45, 7) is 6.38. The number of hydrogen-bond acceptors (Lipinski definition) is 5. The molecule has 2 amide bonds. The largest absolute Gasteiger partial charge is 0.493 e. The SMILES string of the molecule is CCCCOc1ccccc1C1(C(=O)N[C@H]2C(=O)N3[C@@H]2SC(C)(C)[C@H]3C(=O)O)CCCC1. The van der Waals surface area contributed by atoms with Gasteiger partial charge in [-0.3, -0.25) is 9.59 Å². The molecule has 0 aromatic heterocycles. The molecule has 0 spiro atoms. The topological polar surface area (TPSA) is 95.9 Å². The van der Waals surface area contributed by atoms with Crippen molar-refractivity contribution in [1.29, 1.82) is 0 Å². The van der Waals surface area contributed by atoms with Crippen LogP contribution in [0.1, 0.15) is 64.9 Å². The number of carboxylic acids is 1.